The second-order valence-corrected chi connectivity index (χ2v) is 14.4. The van der Waals surface area contributed by atoms with Crippen molar-refractivity contribution in [2.45, 2.75) is 0 Å². The highest BCUT2D eigenvalue weighted by Crippen LogP contribution is 2.54. The molecule has 0 fully saturated rings. The van der Waals surface area contributed by atoms with Crippen LogP contribution < -0.4 is 4.90 Å². The molecule has 3 nitrogen and oxygen atoms in total. The SMILES string of the molecule is c1ccc(-c2c(-c3ccccc3)c(-c3ccccc3)c3c(oc4c(N(c5ccccc5)c5ccc6c(c5)oc5ccccc56)cccc43)c2-c2ccccc2)cc1. The van der Waals surface area contributed by atoms with Gasteiger partial charge in [0.2, 0.25) is 0 Å². The molecule has 9 aromatic carbocycles. The zero-order valence-corrected chi connectivity index (χ0v) is 31.0. The molecule has 3 heteroatoms. The van der Waals surface area contributed by atoms with Gasteiger partial charge in [-0.2, -0.15) is 0 Å². The van der Waals surface area contributed by atoms with Gasteiger partial charge in [0.15, 0.2) is 5.58 Å². The van der Waals surface area contributed by atoms with E-state index in [0.717, 1.165) is 99.9 Å². The maximum atomic E-state index is 7.48. The summed E-state index contributed by atoms with van der Waals surface area (Å²) >= 11 is 0. The predicted octanol–water partition coefficient (Wildman–Crippen LogP) is 15.6. The van der Waals surface area contributed by atoms with Crippen molar-refractivity contribution in [3.8, 4) is 44.5 Å². The predicted molar refractivity (Wildman–Crippen MR) is 237 cm³/mol. The highest BCUT2D eigenvalue weighted by Gasteiger charge is 2.29. The van der Waals surface area contributed by atoms with Gasteiger partial charge in [-0.25, -0.2) is 0 Å². The van der Waals surface area contributed by atoms with Gasteiger partial charge < -0.3 is 13.7 Å². The van der Waals surface area contributed by atoms with E-state index in [1.54, 1.807) is 0 Å². The fourth-order valence-electron chi connectivity index (χ4n) is 8.61. The van der Waals surface area contributed by atoms with Crippen molar-refractivity contribution >= 4 is 60.9 Å². The molecule has 0 radical (unpaired) electrons. The topological polar surface area (TPSA) is 29.5 Å². The Morgan fingerprint density at radius 1 is 0.298 bits per heavy atom. The summed E-state index contributed by atoms with van der Waals surface area (Å²) in [6.45, 7) is 0. The lowest BCUT2D eigenvalue weighted by Gasteiger charge is -2.25. The molecule has 0 atom stereocenters. The average molecular weight is 730 g/mol. The van der Waals surface area contributed by atoms with Crippen LogP contribution in [0.25, 0.3) is 88.4 Å². The monoisotopic (exact) mass is 729 g/mol. The van der Waals surface area contributed by atoms with Gasteiger partial charge in [0, 0.05) is 50.0 Å². The highest BCUT2D eigenvalue weighted by atomic mass is 16.3. The van der Waals surface area contributed by atoms with E-state index in [9.17, 15) is 0 Å². The minimum absolute atomic E-state index is 0.805. The van der Waals surface area contributed by atoms with Crippen molar-refractivity contribution < 1.29 is 8.83 Å². The number of hydrogen-bond donors (Lipinski definition) is 0. The Kier molecular flexibility index (Phi) is 7.82. The molecular weight excluding hydrogens is 695 g/mol. The normalized spacial score (nSPS) is 11.5. The summed E-state index contributed by atoms with van der Waals surface area (Å²) < 4.78 is 13.9. The first kappa shape index (κ1) is 32.8. The third-order valence-corrected chi connectivity index (χ3v) is 11.0. The van der Waals surface area contributed by atoms with Crippen LogP contribution in [0.1, 0.15) is 0 Å². The zero-order valence-electron chi connectivity index (χ0n) is 31.0. The molecule has 0 aliphatic rings. The summed E-state index contributed by atoms with van der Waals surface area (Å²) in [5.41, 5.74) is 15.3. The Morgan fingerprint density at radius 3 is 1.42 bits per heavy atom. The van der Waals surface area contributed by atoms with E-state index >= 15 is 0 Å². The van der Waals surface area contributed by atoms with E-state index < -0.39 is 0 Å². The van der Waals surface area contributed by atoms with Crippen LogP contribution in [0.2, 0.25) is 0 Å². The van der Waals surface area contributed by atoms with E-state index in [1.807, 2.05) is 12.1 Å². The summed E-state index contributed by atoms with van der Waals surface area (Å²) in [7, 11) is 0. The number of para-hydroxylation sites is 3. The lowest BCUT2D eigenvalue weighted by molar-refractivity contribution is 0.668. The first-order valence-electron chi connectivity index (χ1n) is 19.4. The second-order valence-electron chi connectivity index (χ2n) is 14.4. The summed E-state index contributed by atoms with van der Waals surface area (Å²) in [6, 6.07) is 74.9. The van der Waals surface area contributed by atoms with Gasteiger partial charge in [0.25, 0.3) is 0 Å². The molecule has 0 unspecified atom stereocenters. The Balaban J connectivity index is 1.30. The Bertz CT molecular complexity index is 3200. The van der Waals surface area contributed by atoms with Crippen LogP contribution in [-0.2, 0) is 0 Å². The molecule has 268 valence electrons. The van der Waals surface area contributed by atoms with Gasteiger partial charge in [0.1, 0.15) is 16.7 Å². The first-order chi connectivity index (χ1) is 28.3. The Hall–Kier alpha value is -7.62. The third kappa shape index (κ3) is 5.43. The smallest absolute Gasteiger partial charge is 0.159 e. The van der Waals surface area contributed by atoms with Crippen LogP contribution in [0.4, 0.5) is 17.1 Å². The van der Waals surface area contributed by atoms with Gasteiger partial charge in [-0.05, 0) is 64.2 Å². The molecule has 2 aromatic heterocycles. The van der Waals surface area contributed by atoms with Crippen LogP contribution in [-0.4, -0.2) is 0 Å². The fourth-order valence-corrected chi connectivity index (χ4v) is 8.61. The number of benzene rings is 9. The van der Waals surface area contributed by atoms with E-state index in [1.165, 1.54) is 5.56 Å². The van der Waals surface area contributed by atoms with Crippen LogP contribution in [0.15, 0.2) is 221 Å². The maximum absolute atomic E-state index is 7.48. The molecule has 0 saturated carbocycles. The molecular formula is C54H35NO2. The van der Waals surface area contributed by atoms with E-state index in [-0.39, 0.29) is 0 Å². The molecule has 0 N–H and O–H groups in total. The van der Waals surface area contributed by atoms with Crippen molar-refractivity contribution in [1.29, 1.82) is 0 Å². The van der Waals surface area contributed by atoms with Gasteiger partial charge in [-0.3, -0.25) is 0 Å². The van der Waals surface area contributed by atoms with Crippen LogP contribution in [0.5, 0.6) is 0 Å². The van der Waals surface area contributed by atoms with Gasteiger partial charge in [-0.15, -0.1) is 0 Å². The molecule has 2 heterocycles. The lowest BCUT2D eigenvalue weighted by atomic mass is 9.80. The minimum atomic E-state index is 0.805. The lowest BCUT2D eigenvalue weighted by Crippen LogP contribution is -2.10. The molecule has 57 heavy (non-hydrogen) atoms. The highest BCUT2D eigenvalue weighted by molar-refractivity contribution is 6.25. The summed E-state index contributed by atoms with van der Waals surface area (Å²) in [6.07, 6.45) is 0. The molecule has 0 bridgehead atoms. The summed E-state index contributed by atoms with van der Waals surface area (Å²) in [4.78, 5) is 2.29. The van der Waals surface area contributed by atoms with Crippen molar-refractivity contribution in [3.63, 3.8) is 0 Å². The van der Waals surface area contributed by atoms with E-state index in [4.69, 9.17) is 8.83 Å². The van der Waals surface area contributed by atoms with Crippen LogP contribution in [0.3, 0.4) is 0 Å². The maximum Gasteiger partial charge on any atom is 0.159 e. The van der Waals surface area contributed by atoms with Gasteiger partial charge >= 0.3 is 0 Å². The number of fused-ring (bicyclic) bond motifs is 6. The largest absolute Gasteiger partial charge is 0.456 e. The summed E-state index contributed by atoms with van der Waals surface area (Å²) in [5, 5.41) is 4.32. The molecule has 0 saturated heterocycles. The zero-order chi connectivity index (χ0) is 37.7. The molecule has 0 amide bonds. The molecule has 11 rings (SSSR count). The standard InChI is InChI=1S/C54H35NO2/c1-6-19-36(20-7-1)48-49(37-21-8-2-9-22-37)51(39-25-12-4-13-26-39)54-52(50(48)38-23-10-3-11-24-38)44-30-18-31-45(53(44)57-54)55(40-27-14-5-15-28-40)41-33-34-43-42-29-16-17-32-46(42)56-47(43)35-41/h1-35H. The first-order valence-corrected chi connectivity index (χ1v) is 19.4. The van der Waals surface area contributed by atoms with Gasteiger partial charge in [0.05, 0.1) is 11.4 Å². The minimum Gasteiger partial charge on any atom is -0.456 e. The van der Waals surface area contributed by atoms with Crippen molar-refractivity contribution in [2.24, 2.45) is 0 Å². The molecule has 0 aliphatic carbocycles. The Labute approximate surface area is 330 Å². The third-order valence-electron chi connectivity index (χ3n) is 11.0. The number of nitrogens with zero attached hydrogens (tertiary/aromatic N) is 1. The van der Waals surface area contributed by atoms with Crippen molar-refractivity contribution in [1.82, 2.24) is 0 Å². The van der Waals surface area contributed by atoms with Crippen molar-refractivity contribution in [2.75, 3.05) is 4.90 Å². The number of furan rings is 2. The van der Waals surface area contributed by atoms with Crippen molar-refractivity contribution in [3.05, 3.63) is 212 Å². The average Bonchev–Trinajstić information content (AvgIpc) is 3.86. The fraction of sp³-hybridized carbons (Fsp3) is 0. The number of anilines is 3. The van der Waals surface area contributed by atoms with E-state index in [0.29, 0.717) is 0 Å². The molecule has 0 spiro atoms. The van der Waals surface area contributed by atoms with Crippen LogP contribution >= 0.6 is 0 Å². The summed E-state index contributed by atoms with van der Waals surface area (Å²) in [5.74, 6) is 0. The van der Waals surface area contributed by atoms with E-state index in [2.05, 4.69) is 205 Å². The number of hydrogen-bond acceptors (Lipinski definition) is 3. The quantitative estimate of drug-likeness (QED) is 0.164. The molecule has 0 aliphatic heterocycles. The Morgan fingerprint density at radius 2 is 0.789 bits per heavy atom. The van der Waals surface area contributed by atoms with Crippen LogP contribution in [0, 0.1) is 0 Å². The second kappa shape index (κ2) is 13.6. The molecule has 11 aromatic rings. The van der Waals surface area contributed by atoms with Gasteiger partial charge in [-0.1, -0.05) is 170 Å². The number of rotatable bonds is 7.